The molecule has 28 heavy (non-hydrogen) atoms. The standard InChI is InChI=1S/C21H22N2O5/c1-3-28-18-11-7-6-10-17(18)23-13-14(12-19(23)24)20(25)22-16-9-5-4-8-15(16)21(26)27-2/h4-11,14H,3,12-13H2,1-2H3,(H,22,25). The molecule has 1 heterocycles. The average molecular weight is 382 g/mol. The minimum absolute atomic E-state index is 0.0900. The van der Waals surface area contributed by atoms with Crippen LogP contribution in [0.4, 0.5) is 11.4 Å². The lowest BCUT2D eigenvalue weighted by molar-refractivity contribution is -0.122. The number of anilines is 2. The number of methoxy groups -OCH3 is 1. The first-order chi connectivity index (χ1) is 13.5. The van der Waals surface area contributed by atoms with Crippen molar-refractivity contribution in [1.82, 2.24) is 0 Å². The second-order valence-electron chi connectivity index (χ2n) is 6.33. The van der Waals surface area contributed by atoms with Crippen molar-refractivity contribution in [2.24, 2.45) is 5.92 Å². The maximum absolute atomic E-state index is 12.7. The number of hydrogen-bond acceptors (Lipinski definition) is 5. The van der Waals surface area contributed by atoms with Gasteiger partial charge in [-0.05, 0) is 31.2 Å². The summed E-state index contributed by atoms with van der Waals surface area (Å²) < 4.78 is 10.3. The van der Waals surface area contributed by atoms with Gasteiger partial charge in [-0.3, -0.25) is 9.59 Å². The Kier molecular flexibility index (Phi) is 5.93. The maximum atomic E-state index is 12.7. The minimum atomic E-state index is -0.536. The monoisotopic (exact) mass is 382 g/mol. The van der Waals surface area contributed by atoms with Gasteiger partial charge in [0.05, 0.1) is 36.6 Å². The number of para-hydroxylation sites is 3. The molecular formula is C21H22N2O5. The fourth-order valence-electron chi connectivity index (χ4n) is 3.19. The first-order valence-electron chi connectivity index (χ1n) is 9.05. The quantitative estimate of drug-likeness (QED) is 0.777. The fourth-order valence-corrected chi connectivity index (χ4v) is 3.19. The van der Waals surface area contributed by atoms with Gasteiger partial charge in [0.15, 0.2) is 0 Å². The predicted octanol–water partition coefficient (Wildman–Crippen LogP) is 2.86. The summed E-state index contributed by atoms with van der Waals surface area (Å²) >= 11 is 0. The zero-order chi connectivity index (χ0) is 20.1. The highest BCUT2D eigenvalue weighted by Crippen LogP contribution is 2.33. The third-order valence-corrected chi connectivity index (χ3v) is 4.54. The van der Waals surface area contributed by atoms with Crippen LogP contribution in [0.2, 0.25) is 0 Å². The van der Waals surface area contributed by atoms with Gasteiger partial charge in [-0.25, -0.2) is 4.79 Å². The van der Waals surface area contributed by atoms with Crippen LogP contribution in [0, 0.1) is 5.92 Å². The van der Waals surface area contributed by atoms with Crippen LogP contribution in [0.5, 0.6) is 5.75 Å². The van der Waals surface area contributed by atoms with E-state index in [0.717, 1.165) is 0 Å². The number of carbonyl (C=O) groups excluding carboxylic acids is 3. The zero-order valence-electron chi connectivity index (χ0n) is 15.8. The molecule has 7 heteroatoms. The Labute approximate surface area is 163 Å². The molecule has 1 unspecified atom stereocenters. The summed E-state index contributed by atoms with van der Waals surface area (Å²) in [5.41, 5.74) is 1.28. The van der Waals surface area contributed by atoms with Crippen molar-refractivity contribution in [2.75, 3.05) is 30.5 Å². The van der Waals surface area contributed by atoms with Gasteiger partial charge in [0.2, 0.25) is 11.8 Å². The number of ether oxygens (including phenoxy) is 2. The summed E-state index contributed by atoms with van der Waals surface area (Å²) in [5, 5.41) is 2.75. The van der Waals surface area contributed by atoms with Crippen molar-refractivity contribution in [3.63, 3.8) is 0 Å². The molecule has 1 saturated heterocycles. The van der Waals surface area contributed by atoms with E-state index in [4.69, 9.17) is 9.47 Å². The van der Waals surface area contributed by atoms with Gasteiger partial charge in [0, 0.05) is 13.0 Å². The van der Waals surface area contributed by atoms with Crippen LogP contribution in [0.15, 0.2) is 48.5 Å². The molecule has 0 radical (unpaired) electrons. The smallest absolute Gasteiger partial charge is 0.339 e. The van der Waals surface area contributed by atoms with E-state index in [1.807, 2.05) is 19.1 Å². The van der Waals surface area contributed by atoms with Gasteiger partial charge < -0.3 is 19.7 Å². The molecule has 0 bridgehead atoms. The van der Waals surface area contributed by atoms with E-state index in [0.29, 0.717) is 23.7 Å². The number of nitrogens with zero attached hydrogens (tertiary/aromatic N) is 1. The van der Waals surface area contributed by atoms with E-state index in [-0.39, 0.29) is 30.3 Å². The lowest BCUT2D eigenvalue weighted by Gasteiger charge is -2.20. The van der Waals surface area contributed by atoms with Crippen molar-refractivity contribution in [3.05, 3.63) is 54.1 Å². The first-order valence-corrected chi connectivity index (χ1v) is 9.05. The second-order valence-corrected chi connectivity index (χ2v) is 6.33. The number of carbonyl (C=O) groups is 3. The van der Waals surface area contributed by atoms with E-state index < -0.39 is 11.9 Å². The van der Waals surface area contributed by atoms with E-state index in [1.165, 1.54) is 7.11 Å². The fraction of sp³-hybridized carbons (Fsp3) is 0.286. The molecule has 1 aliphatic heterocycles. The molecule has 146 valence electrons. The van der Waals surface area contributed by atoms with Crippen LogP contribution in [0.1, 0.15) is 23.7 Å². The molecular weight excluding hydrogens is 360 g/mol. The van der Waals surface area contributed by atoms with Gasteiger partial charge in [0.25, 0.3) is 0 Å². The van der Waals surface area contributed by atoms with Crippen molar-refractivity contribution >= 4 is 29.2 Å². The van der Waals surface area contributed by atoms with Crippen LogP contribution < -0.4 is 15.0 Å². The number of hydrogen-bond donors (Lipinski definition) is 1. The molecule has 1 fully saturated rings. The largest absolute Gasteiger partial charge is 0.492 e. The SMILES string of the molecule is CCOc1ccccc1N1CC(C(=O)Nc2ccccc2C(=O)OC)CC1=O. The Morgan fingerprint density at radius 3 is 2.61 bits per heavy atom. The lowest BCUT2D eigenvalue weighted by atomic mass is 10.1. The number of nitrogens with one attached hydrogen (secondary N) is 1. The maximum Gasteiger partial charge on any atom is 0.339 e. The van der Waals surface area contributed by atoms with Gasteiger partial charge >= 0.3 is 5.97 Å². The number of esters is 1. The normalized spacial score (nSPS) is 16.0. The summed E-state index contributed by atoms with van der Waals surface area (Å²) in [5.74, 6) is -0.927. The van der Waals surface area contributed by atoms with Crippen LogP contribution >= 0.6 is 0 Å². The molecule has 1 N–H and O–H groups in total. The molecule has 7 nitrogen and oxygen atoms in total. The molecule has 2 aromatic rings. The van der Waals surface area contributed by atoms with Crippen LogP contribution in [0.25, 0.3) is 0 Å². The highest BCUT2D eigenvalue weighted by molar-refractivity contribution is 6.06. The van der Waals surface area contributed by atoms with Crippen molar-refractivity contribution in [2.45, 2.75) is 13.3 Å². The Balaban J connectivity index is 1.76. The topological polar surface area (TPSA) is 84.9 Å². The van der Waals surface area contributed by atoms with E-state index >= 15 is 0 Å². The van der Waals surface area contributed by atoms with E-state index in [1.54, 1.807) is 41.3 Å². The number of amides is 2. The highest BCUT2D eigenvalue weighted by atomic mass is 16.5. The Morgan fingerprint density at radius 2 is 1.86 bits per heavy atom. The molecule has 0 aromatic heterocycles. The number of rotatable bonds is 6. The molecule has 2 amide bonds. The van der Waals surface area contributed by atoms with Crippen LogP contribution in [-0.4, -0.2) is 38.0 Å². The Hall–Kier alpha value is -3.35. The Morgan fingerprint density at radius 1 is 1.14 bits per heavy atom. The first kappa shape index (κ1) is 19.4. The summed E-state index contributed by atoms with van der Waals surface area (Å²) in [6, 6.07) is 13.9. The second kappa shape index (κ2) is 8.56. The van der Waals surface area contributed by atoms with Crippen molar-refractivity contribution in [1.29, 1.82) is 0 Å². The summed E-state index contributed by atoms with van der Waals surface area (Å²) in [7, 11) is 1.28. The molecule has 1 atom stereocenters. The summed E-state index contributed by atoms with van der Waals surface area (Å²) in [4.78, 5) is 38.7. The van der Waals surface area contributed by atoms with Gasteiger partial charge in [0.1, 0.15) is 5.75 Å². The lowest BCUT2D eigenvalue weighted by Crippen LogP contribution is -2.28. The zero-order valence-corrected chi connectivity index (χ0v) is 15.8. The Bertz CT molecular complexity index is 896. The highest BCUT2D eigenvalue weighted by Gasteiger charge is 2.36. The third-order valence-electron chi connectivity index (χ3n) is 4.54. The third kappa shape index (κ3) is 3.98. The minimum Gasteiger partial charge on any atom is -0.492 e. The van der Waals surface area contributed by atoms with Gasteiger partial charge in [-0.15, -0.1) is 0 Å². The molecule has 0 spiro atoms. The summed E-state index contributed by atoms with van der Waals surface area (Å²) in [6.45, 7) is 2.60. The molecule has 0 aliphatic carbocycles. The van der Waals surface area contributed by atoms with Crippen LogP contribution in [0.3, 0.4) is 0 Å². The summed E-state index contributed by atoms with van der Waals surface area (Å²) in [6.07, 6.45) is 0.0900. The van der Waals surface area contributed by atoms with Gasteiger partial charge in [-0.1, -0.05) is 24.3 Å². The molecule has 0 saturated carbocycles. The number of benzene rings is 2. The molecule has 3 rings (SSSR count). The van der Waals surface area contributed by atoms with E-state index in [9.17, 15) is 14.4 Å². The van der Waals surface area contributed by atoms with Crippen molar-refractivity contribution < 1.29 is 23.9 Å². The average Bonchev–Trinajstić information content (AvgIpc) is 3.10. The molecule has 2 aromatic carbocycles. The van der Waals surface area contributed by atoms with Gasteiger partial charge in [-0.2, -0.15) is 0 Å². The predicted molar refractivity (Wildman–Crippen MR) is 104 cm³/mol. The van der Waals surface area contributed by atoms with Crippen molar-refractivity contribution in [3.8, 4) is 5.75 Å². The molecule has 1 aliphatic rings. The van der Waals surface area contributed by atoms with E-state index in [2.05, 4.69) is 5.32 Å². The van der Waals surface area contributed by atoms with Crippen LogP contribution in [-0.2, 0) is 14.3 Å².